The Bertz CT molecular complexity index is 594. The van der Waals surface area contributed by atoms with Crippen LogP contribution >= 0.6 is 0 Å². The van der Waals surface area contributed by atoms with E-state index in [9.17, 15) is 9.59 Å². The van der Waals surface area contributed by atoms with Gasteiger partial charge in [0.2, 0.25) is 11.8 Å². The zero-order valence-electron chi connectivity index (χ0n) is 14.5. The van der Waals surface area contributed by atoms with Crippen LogP contribution in [0.3, 0.4) is 0 Å². The molecule has 130 valence electrons. The number of hydrogen-bond acceptors (Lipinski definition) is 4. The lowest BCUT2D eigenvalue weighted by molar-refractivity contribution is -0.141. The number of nitrogens with zero attached hydrogens (tertiary/aromatic N) is 1. The van der Waals surface area contributed by atoms with E-state index in [1.54, 1.807) is 4.90 Å². The summed E-state index contributed by atoms with van der Waals surface area (Å²) in [4.78, 5) is 26.3. The molecule has 1 unspecified atom stereocenters. The minimum absolute atomic E-state index is 0.131. The third-order valence-corrected chi connectivity index (χ3v) is 4.22. The molecular weight excluding hydrogens is 307 g/mol. The van der Waals surface area contributed by atoms with Gasteiger partial charge in [0, 0.05) is 19.9 Å². The molecule has 1 aliphatic heterocycles. The van der Waals surface area contributed by atoms with Crippen LogP contribution in [0.2, 0.25) is 0 Å². The highest BCUT2D eigenvalue weighted by atomic mass is 16.5. The summed E-state index contributed by atoms with van der Waals surface area (Å²) in [7, 11) is -0.457. The number of hydrogen-bond donors (Lipinski definition) is 2. The van der Waals surface area contributed by atoms with E-state index in [2.05, 4.69) is 5.32 Å². The second-order valence-corrected chi connectivity index (χ2v) is 6.56. The molecular formula is C17H25BN2O4. The molecule has 2 amide bonds. The van der Waals surface area contributed by atoms with E-state index in [0.717, 1.165) is 11.1 Å². The Morgan fingerprint density at radius 2 is 2.04 bits per heavy atom. The van der Waals surface area contributed by atoms with Crippen LogP contribution in [0.4, 0.5) is 0 Å². The zero-order valence-corrected chi connectivity index (χ0v) is 14.5. The van der Waals surface area contributed by atoms with Gasteiger partial charge in [-0.3, -0.25) is 9.59 Å². The number of carbonyl (C=O) groups is 2. The fourth-order valence-corrected chi connectivity index (χ4v) is 3.03. The maximum atomic E-state index is 12.7. The van der Waals surface area contributed by atoms with E-state index in [-0.39, 0.29) is 11.8 Å². The summed E-state index contributed by atoms with van der Waals surface area (Å²) in [5, 5.41) is 11.8. The molecule has 0 saturated heterocycles. The summed E-state index contributed by atoms with van der Waals surface area (Å²) in [5.41, 5.74) is 2.15. The molecule has 1 aliphatic rings. The van der Waals surface area contributed by atoms with Crippen molar-refractivity contribution in [3.63, 3.8) is 0 Å². The van der Waals surface area contributed by atoms with E-state index < -0.39 is 20.0 Å². The molecule has 1 aromatic carbocycles. The van der Waals surface area contributed by atoms with Gasteiger partial charge < -0.3 is 19.9 Å². The fraction of sp³-hybridized carbons (Fsp3) is 0.529. The standard InChI is InChI=1S/C17H25BN2O4/c1-11(2)8-16(24-18-23)19-17(22)15-9-13-6-4-5-7-14(13)10-20(15)12(3)21/h4-7,11,15-16,18,23H,8-10H2,1-3H3,(H,19,22)/t15?,16-/m1/s1. The quantitative estimate of drug-likeness (QED) is 0.594. The van der Waals surface area contributed by atoms with Crippen molar-refractivity contribution < 1.29 is 19.3 Å². The van der Waals surface area contributed by atoms with Crippen molar-refractivity contribution in [1.29, 1.82) is 0 Å². The number of fused-ring (bicyclic) bond motifs is 1. The Morgan fingerprint density at radius 1 is 1.38 bits per heavy atom. The van der Waals surface area contributed by atoms with Gasteiger partial charge in [-0.15, -0.1) is 0 Å². The number of benzene rings is 1. The molecule has 0 fully saturated rings. The molecule has 24 heavy (non-hydrogen) atoms. The van der Waals surface area contributed by atoms with Gasteiger partial charge in [0.25, 0.3) is 0 Å². The van der Waals surface area contributed by atoms with Gasteiger partial charge in [-0.05, 0) is 23.5 Å². The van der Waals surface area contributed by atoms with Crippen LogP contribution in [0, 0.1) is 5.92 Å². The van der Waals surface area contributed by atoms with E-state index >= 15 is 0 Å². The van der Waals surface area contributed by atoms with Gasteiger partial charge in [0.05, 0.1) is 0 Å². The van der Waals surface area contributed by atoms with Crippen LogP contribution in [0.5, 0.6) is 0 Å². The molecule has 7 heteroatoms. The van der Waals surface area contributed by atoms with Gasteiger partial charge in [-0.2, -0.15) is 0 Å². The molecule has 1 heterocycles. The molecule has 0 saturated carbocycles. The highest BCUT2D eigenvalue weighted by Crippen LogP contribution is 2.23. The molecule has 6 nitrogen and oxygen atoms in total. The Hall–Kier alpha value is -1.86. The lowest BCUT2D eigenvalue weighted by atomic mass is 9.93. The molecule has 1 aromatic rings. The minimum Gasteiger partial charge on any atom is -0.430 e. The lowest BCUT2D eigenvalue weighted by Crippen LogP contribution is -2.54. The third kappa shape index (κ3) is 4.58. The molecule has 0 bridgehead atoms. The number of amides is 2. The lowest BCUT2D eigenvalue weighted by Gasteiger charge is -2.36. The van der Waals surface area contributed by atoms with Gasteiger partial charge in [0.15, 0.2) is 0 Å². The fourth-order valence-electron chi connectivity index (χ4n) is 3.03. The Labute approximate surface area is 143 Å². The first kappa shape index (κ1) is 18.5. The average molecular weight is 332 g/mol. The van der Waals surface area contributed by atoms with E-state index in [1.165, 1.54) is 6.92 Å². The average Bonchev–Trinajstić information content (AvgIpc) is 2.53. The van der Waals surface area contributed by atoms with E-state index in [4.69, 9.17) is 9.68 Å². The summed E-state index contributed by atoms with van der Waals surface area (Å²) in [6, 6.07) is 7.28. The third-order valence-electron chi connectivity index (χ3n) is 4.22. The van der Waals surface area contributed by atoms with Crippen LogP contribution in [0.1, 0.15) is 38.3 Å². The molecule has 2 rings (SSSR count). The van der Waals surface area contributed by atoms with E-state index in [0.29, 0.717) is 25.3 Å². The van der Waals surface area contributed by atoms with Crippen LogP contribution in [0.25, 0.3) is 0 Å². The van der Waals surface area contributed by atoms with Crippen molar-refractivity contribution in [1.82, 2.24) is 10.2 Å². The molecule has 0 aliphatic carbocycles. The second kappa shape index (κ2) is 8.30. The van der Waals surface area contributed by atoms with Crippen molar-refractivity contribution in [2.24, 2.45) is 5.92 Å². The van der Waals surface area contributed by atoms with Crippen molar-refractivity contribution >= 4 is 19.5 Å². The normalized spacial score (nSPS) is 18.0. The Kier molecular flexibility index (Phi) is 6.40. The largest absolute Gasteiger partial charge is 0.436 e. The Balaban J connectivity index is 2.15. The van der Waals surface area contributed by atoms with Crippen LogP contribution in [-0.2, 0) is 27.2 Å². The molecule has 0 spiro atoms. The summed E-state index contributed by atoms with van der Waals surface area (Å²) < 4.78 is 5.20. The monoisotopic (exact) mass is 332 g/mol. The molecule has 2 atom stereocenters. The molecule has 0 radical (unpaired) electrons. The Morgan fingerprint density at radius 3 is 2.62 bits per heavy atom. The number of rotatable bonds is 6. The summed E-state index contributed by atoms with van der Waals surface area (Å²) in [6.45, 7) is 5.93. The predicted molar refractivity (Wildman–Crippen MR) is 92.0 cm³/mol. The van der Waals surface area contributed by atoms with Gasteiger partial charge >= 0.3 is 7.69 Å². The topological polar surface area (TPSA) is 78.9 Å². The number of nitrogens with one attached hydrogen (secondary N) is 1. The first-order chi connectivity index (χ1) is 11.4. The van der Waals surface area contributed by atoms with Crippen LogP contribution in [0.15, 0.2) is 24.3 Å². The van der Waals surface area contributed by atoms with Crippen LogP contribution < -0.4 is 5.32 Å². The van der Waals surface area contributed by atoms with Crippen molar-refractivity contribution in [3.05, 3.63) is 35.4 Å². The second-order valence-electron chi connectivity index (χ2n) is 6.56. The smallest absolute Gasteiger partial charge is 0.430 e. The highest BCUT2D eigenvalue weighted by molar-refractivity contribution is 6.15. The van der Waals surface area contributed by atoms with E-state index in [1.807, 2.05) is 38.1 Å². The predicted octanol–water partition coefficient (Wildman–Crippen LogP) is 0.724. The zero-order chi connectivity index (χ0) is 17.7. The molecule has 2 N–H and O–H groups in total. The maximum absolute atomic E-state index is 12.7. The SMILES string of the molecule is CC(=O)N1Cc2ccccc2CC1C(=O)N[C@@H](CC(C)C)OBO. The summed E-state index contributed by atoms with van der Waals surface area (Å²) >= 11 is 0. The summed E-state index contributed by atoms with van der Waals surface area (Å²) in [5.74, 6) is -0.0789. The number of carbonyl (C=O) groups excluding carboxylic acids is 2. The highest BCUT2D eigenvalue weighted by Gasteiger charge is 2.34. The van der Waals surface area contributed by atoms with Crippen molar-refractivity contribution in [2.75, 3.05) is 0 Å². The van der Waals surface area contributed by atoms with Crippen LogP contribution in [-0.4, -0.2) is 41.7 Å². The summed E-state index contributed by atoms with van der Waals surface area (Å²) in [6.07, 6.45) is 0.513. The first-order valence-electron chi connectivity index (χ1n) is 8.29. The maximum Gasteiger partial charge on any atom is 0.436 e. The first-order valence-corrected chi connectivity index (χ1v) is 8.29. The van der Waals surface area contributed by atoms with Crippen molar-refractivity contribution in [3.8, 4) is 0 Å². The van der Waals surface area contributed by atoms with Crippen molar-refractivity contribution in [2.45, 2.75) is 52.4 Å². The van der Waals surface area contributed by atoms with Gasteiger partial charge in [-0.25, -0.2) is 0 Å². The van der Waals surface area contributed by atoms with Gasteiger partial charge in [-0.1, -0.05) is 38.1 Å². The van der Waals surface area contributed by atoms with Gasteiger partial charge in [0.1, 0.15) is 12.3 Å². The molecule has 0 aromatic heterocycles. The minimum atomic E-state index is -0.562.